The van der Waals surface area contributed by atoms with Crippen molar-refractivity contribution in [2.24, 2.45) is 0 Å². The molecule has 0 bridgehead atoms. The fourth-order valence-electron chi connectivity index (χ4n) is 6.75. The average molecular weight is 785 g/mol. The van der Waals surface area contributed by atoms with Crippen molar-refractivity contribution in [3.05, 3.63) is 48.6 Å². The van der Waals surface area contributed by atoms with Crippen LogP contribution in [0, 0.1) is 0 Å². The molecule has 1 atom stereocenters. The lowest BCUT2D eigenvalue weighted by Gasteiger charge is -2.18. The molecule has 0 fully saturated rings. The summed E-state index contributed by atoms with van der Waals surface area (Å²) in [5.74, 6) is -0.412. The number of carbonyl (C=O) groups excluding carboxylic acids is 2. The molecule has 56 heavy (non-hydrogen) atoms. The number of carbonyl (C=O) groups is 2. The Balaban J connectivity index is 4.23. The highest BCUT2D eigenvalue weighted by Crippen LogP contribution is 2.14. The smallest absolute Gasteiger partial charge is 0.306 e. The van der Waals surface area contributed by atoms with Gasteiger partial charge in [-0.05, 0) is 77.0 Å². The second kappa shape index (κ2) is 47.2. The van der Waals surface area contributed by atoms with E-state index in [-0.39, 0.29) is 25.2 Å². The van der Waals surface area contributed by atoms with Crippen molar-refractivity contribution in [3.63, 3.8) is 0 Å². The van der Waals surface area contributed by atoms with Crippen LogP contribution in [-0.2, 0) is 23.8 Å². The van der Waals surface area contributed by atoms with E-state index in [4.69, 9.17) is 14.2 Å². The van der Waals surface area contributed by atoms with Gasteiger partial charge in [0.1, 0.15) is 6.61 Å². The number of hydrogen-bond acceptors (Lipinski definition) is 5. The van der Waals surface area contributed by atoms with E-state index in [9.17, 15) is 9.59 Å². The van der Waals surface area contributed by atoms with E-state index in [1.54, 1.807) is 0 Å². The topological polar surface area (TPSA) is 61.8 Å². The lowest BCUT2D eigenvalue weighted by molar-refractivity contribution is -0.163. The molecule has 0 aliphatic carbocycles. The summed E-state index contributed by atoms with van der Waals surface area (Å²) in [6.45, 7) is 7.70. The Morgan fingerprint density at radius 3 is 1.32 bits per heavy atom. The van der Waals surface area contributed by atoms with Gasteiger partial charge in [0, 0.05) is 19.4 Å². The van der Waals surface area contributed by atoms with Crippen LogP contribution < -0.4 is 0 Å². The van der Waals surface area contributed by atoms with Crippen LogP contribution in [0.25, 0.3) is 0 Å². The van der Waals surface area contributed by atoms with Gasteiger partial charge >= 0.3 is 11.9 Å². The zero-order valence-corrected chi connectivity index (χ0v) is 37.4. The second-order valence-corrected chi connectivity index (χ2v) is 16.0. The molecule has 5 nitrogen and oxygen atoms in total. The van der Waals surface area contributed by atoms with Crippen LogP contribution in [0.4, 0.5) is 0 Å². The number of allylic oxidation sites excluding steroid dienone is 8. The molecule has 0 N–H and O–H groups in total. The molecule has 0 spiro atoms. The van der Waals surface area contributed by atoms with Crippen molar-refractivity contribution < 1.29 is 23.8 Å². The van der Waals surface area contributed by atoms with Gasteiger partial charge in [-0.2, -0.15) is 0 Å². The van der Waals surface area contributed by atoms with Crippen molar-refractivity contribution >= 4 is 11.9 Å². The zero-order valence-electron chi connectivity index (χ0n) is 37.4. The molecular formula is C51H92O5. The first-order chi connectivity index (χ1) is 27.6. The molecular weight excluding hydrogens is 693 g/mol. The Morgan fingerprint density at radius 1 is 0.411 bits per heavy atom. The van der Waals surface area contributed by atoms with Gasteiger partial charge in [-0.15, -0.1) is 0 Å². The van der Waals surface area contributed by atoms with Crippen LogP contribution in [0.1, 0.15) is 239 Å². The van der Waals surface area contributed by atoms with Crippen LogP contribution in [-0.4, -0.2) is 37.9 Å². The van der Waals surface area contributed by atoms with Gasteiger partial charge in [-0.25, -0.2) is 0 Å². The van der Waals surface area contributed by atoms with E-state index < -0.39 is 6.10 Å². The summed E-state index contributed by atoms with van der Waals surface area (Å²) in [5.41, 5.74) is 0. The molecule has 0 radical (unpaired) electrons. The van der Waals surface area contributed by atoms with E-state index >= 15 is 0 Å². The highest BCUT2D eigenvalue weighted by molar-refractivity contribution is 5.70. The Hall–Kier alpha value is -2.14. The van der Waals surface area contributed by atoms with Crippen molar-refractivity contribution in [3.8, 4) is 0 Å². The van der Waals surface area contributed by atoms with Crippen molar-refractivity contribution in [2.75, 3.05) is 19.8 Å². The van der Waals surface area contributed by atoms with E-state index in [1.165, 1.54) is 122 Å². The Morgan fingerprint density at radius 2 is 0.804 bits per heavy atom. The molecule has 0 saturated heterocycles. The third kappa shape index (κ3) is 44.6. The monoisotopic (exact) mass is 785 g/mol. The van der Waals surface area contributed by atoms with Gasteiger partial charge in [-0.3, -0.25) is 9.59 Å². The van der Waals surface area contributed by atoms with Crippen LogP contribution in [0.5, 0.6) is 0 Å². The number of unbranched alkanes of at least 4 members (excludes halogenated alkanes) is 25. The van der Waals surface area contributed by atoms with Crippen molar-refractivity contribution in [1.29, 1.82) is 0 Å². The average Bonchev–Trinajstić information content (AvgIpc) is 3.20. The van der Waals surface area contributed by atoms with Gasteiger partial charge in [0.2, 0.25) is 0 Å². The fraction of sp³-hybridized carbons (Fsp3) is 0.804. The molecule has 0 aromatic heterocycles. The van der Waals surface area contributed by atoms with Gasteiger partial charge in [0.25, 0.3) is 0 Å². The Labute approximate surface area is 348 Å². The Kier molecular flexibility index (Phi) is 45.4. The SMILES string of the molecule is CC/C=C\C/C=C\C/C=C\CCCCCCCCCC(=O)OCC(COCCCCCCCCCCCC)OC(=O)CCCCCCC/C=C\CCCCCC. The standard InChI is InChI=1S/C51H92O5/c1-4-7-10-13-16-19-22-24-25-26-27-29-30-32-35-38-41-44-50(52)55-48-49(47-54-46-43-40-37-34-21-18-15-12-9-6-3)56-51(53)45-42-39-36-33-31-28-23-20-17-14-11-8-5-2/h7,10,16,19-20,23-25,49H,4-6,8-9,11-15,17-18,21-22,26-48H2,1-3H3/b10-7-,19-16-,23-20-,25-24-. The van der Waals surface area contributed by atoms with Crippen molar-refractivity contribution in [2.45, 2.75) is 245 Å². The number of rotatable bonds is 44. The van der Waals surface area contributed by atoms with E-state index in [0.29, 0.717) is 19.4 Å². The van der Waals surface area contributed by atoms with E-state index in [2.05, 4.69) is 69.4 Å². The van der Waals surface area contributed by atoms with Crippen LogP contribution in [0.15, 0.2) is 48.6 Å². The number of hydrogen-bond donors (Lipinski definition) is 0. The maximum atomic E-state index is 12.7. The minimum absolute atomic E-state index is 0.0791. The lowest BCUT2D eigenvalue weighted by atomic mass is 10.1. The number of esters is 2. The molecule has 0 rings (SSSR count). The maximum absolute atomic E-state index is 12.7. The molecule has 0 heterocycles. The molecule has 0 saturated carbocycles. The summed E-state index contributed by atoms with van der Waals surface area (Å²) >= 11 is 0. The lowest BCUT2D eigenvalue weighted by Crippen LogP contribution is -2.30. The molecule has 1 unspecified atom stereocenters. The first-order valence-electron chi connectivity index (χ1n) is 24.2. The van der Waals surface area contributed by atoms with Crippen LogP contribution in [0.3, 0.4) is 0 Å². The third-order valence-corrected chi connectivity index (χ3v) is 10.3. The first-order valence-corrected chi connectivity index (χ1v) is 24.2. The highest BCUT2D eigenvalue weighted by Gasteiger charge is 2.17. The second-order valence-electron chi connectivity index (χ2n) is 16.0. The molecule has 0 aromatic carbocycles. The molecule has 0 amide bonds. The van der Waals surface area contributed by atoms with E-state index in [0.717, 1.165) is 83.5 Å². The van der Waals surface area contributed by atoms with Gasteiger partial charge in [-0.1, -0.05) is 198 Å². The van der Waals surface area contributed by atoms with Gasteiger partial charge in [0.15, 0.2) is 6.10 Å². The van der Waals surface area contributed by atoms with E-state index in [1.807, 2.05) is 0 Å². The fourth-order valence-corrected chi connectivity index (χ4v) is 6.75. The predicted octanol–water partition coefficient (Wildman–Crippen LogP) is 16.0. The summed E-state index contributed by atoms with van der Waals surface area (Å²) in [7, 11) is 0. The molecule has 5 heteroatoms. The van der Waals surface area contributed by atoms with Gasteiger partial charge in [0.05, 0.1) is 6.61 Å². The quantitative estimate of drug-likeness (QED) is 0.0350. The molecule has 0 aromatic rings. The molecule has 0 aliphatic rings. The summed E-state index contributed by atoms with van der Waals surface area (Å²) in [6.07, 6.45) is 56.8. The minimum Gasteiger partial charge on any atom is -0.462 e. The first kappa shape index (κ1) is 53.9. The van der Waals surface area contributed by atoms with Gasteiger partial charge < -0.3 is 14.2 Å². The third-order valence-electron chi connectivity index (χ3n) is 10.3. The summed E-state index contributed by atoms with van der Waals surface area (Å²) in [5, 5.41) is 0. The summed E-state index contributed by atoms with van der Waals surface area (Å²) < 4.78 is 17.3. The zero-order chi connectivity index (χ0) is 40.7. The summed E-state index contributed by atoms with van der Waals surface area (Å²) in [6, 6.07) is 0. The van der Waals surface area contributed by atoms with Crippen LogP contribution in [0.2, 0.25) is 0 Å². The predicted molar refractivity (Wildman–Crippen MR) is 242 cm³/mol. The largest absolute Gasteiger partial charge is 0.462 e. The van der Waals surface area contributed by atoms with Crippen LogP contribution >= 0.6 is 0 Å². The molecule has 0 aliphatic heterocycles. The maximum Gasteiger partial charge on any atom is 0.306 e. The number of ether oxygens (including phenoxy) is 3. The normalized spacial score (nSPS) is 12.6. The van der Waals surface area contributed by atoms with Crippen molar-refractivity contribution in [1.82, 2.24) is 0 Å². The summed E-state index contributed by atoms with van der Waals surface area (Å²) in [4.78, 5) is 25.3. The Bertz CT molecular complexity index is 935. The highest BCUT2D eigenvalue weighted by atomic mass is 16.6. The molecule has 326 valence electrons. The minimum atomic E-state index is -0.539.